The van der Waals surface area contributed by atoms with E-state index in [0.717, 1.165) is 12.8 Å². The molecule has 6 atom stereocenters. The Hall–Kier alpha value is -2.95. The summed E-state index contributed by atoms with van der Waals surface area (Å²) in [7, 11) is 0. The summed E-state index contributed by atoms with van der Waals surface area (Å²) in [4.78, 5) is 38.0. The van der Waals surface area contributed by atoms with Gasteiger partial charge in [-0.3, -0.25) is 4.79 Å². The van der Waals surface area contributed by atoms with Gasteiger partial charge in [0.15, 0.2) is 0 Å². The van der Waals surface area contributed by atoms with E-state index in [1.165, 1.54) is 0 Å². The van der Waals surface area contributed by atoms with Crippen molar-refractivity contribution >= 4 is 17.7 Å². The molecule has 30 heavy (non-hydrogen) atoms. The third kappa shape index (κ3) is 3.76. The normalized spacial score (nSPS) is 29.8. The Labute approximate surface area is 176 Å². The van der Waals surface area contributed by atoms with Crippen LogP contribution in [0.2, 0.25) is 0 Å². The molecule has 2 bridgehead atoms. The lowest BCUT2D eigenvalue weighted by molar-refractivity contribution is -0.170. The molecule has 0 aliphatic heterocycles. The number of carbonyl (C=O) groups excluding carboxylic acids is 3. The van der Waals surface area contributed by atoms with Crippen LogP contribution in [0.5, 0.6) is 0 Å². The highest BCUT2D eigenvalue weighted by molar-refractivity contribution is 5.90. The van der Waals surface area contributed by atoms with Crippen molar-refractivity contribution in [1.82, 2.24) is 0 Å². The first-order chi connectivity index (χ1) is 14.5. The molecule has 2 aromatic rings. The maximum absolute atomic E-state index is 12.8. The average molecular weight is 406 g/mol. The van der Waals surface area contributed by atoms with E-state index in [0.29, 0.717) is 11.1 Å². The van der Waals surface area contributed by atoms with E-state index in [1.54, 1.807) is 55.5 Å². The standard InChI is InChI=1S/C25H26O5/c1-15-19-13-14-20(21(15)16(2)26)23(30-25(28)18-11-7-4-8-12-18)22(19)29-24(27)17-9-5-3-6-10-17/h3-12,15,19-23H,13-14H2,1-2H3. The first-order valence-corrected chi connectivity index (χ1v) is 10.5. The molecule has 0 radical (unpaired) electrons. The van der Waals surface area contributed by atoms with E-state index >= 15 is 0 Å². The minimum atomic E-state index is -0.630. The number of rotatable bonds is 5. The fourth-order valence-corrected chi connectivity index (χ4v) is 5.32. The lowest BCUT2D eigenvalue weighted by atomic mass is 9.55. The SMILES string of the molecule is CC(=O)C1C(C)C2CCC1C(OC(=O)c1ccccc1)C2OC(=O)c1ccccc1. The monoisotopic (exact) mass is 406 g/mol. The Morgan fingerprint density at radius 3 is 1.63 bits per heavy atom. The molecule has 3 saturated carbocycles. The zero-order chi connectivity index (χ0) is 21.3. The number of hydrogen-bond acceptors (Lipinski definition) is 5. The summed E-state index contributed by atoms with van der Waals surface area (Å²) >= 11 is 0. The number of hydrogen-bond donors (Lipinski definition) is 0. The van der Waals surface area contributed by atoms with E-state index < -0.39 is 24.1 Å². The van der Waals surface area contributed by atoms with Crippen molar-refractivity contribution in [2.45, 2.75) is 38.9 Å². The van der Waals surface area contributed by atoms with Crippen molar-refractivity contribution in [2.24, 2.45) is 23.7 Å². The van der Waals surface area contributed by atoms with Crippen LogP contribution in [0.15, 0.2) is 60.7 Å². The van der Waals surface area contributed by atoms with Gasteiger partial charge in [-0.05, 0) is 49.9 Å². The molecule has 0 amide bonds. The highest BCUT2D eigenvalue weighted by Gasteiger charge is 2.57. The molecule has 0 N–H and O–H groups in total. The minimum absolute atomic E-state index is 0.0230. The predicted molar refractivity (Wildman–Crippen MR) is 111 cm³/mol. The second-order valence-corrected chi connectivity index (χ2v) is 8.37. The smallest absolute Gasteiger partial charge is 0.338 e. The van der Waals surface area contributed by atoms with E-state index in [2.05, 4.69) is 0 Å². The Bertz CT molecular complexity index is 923. The Balaban J connectivity index is 1.62. The molecule has 156 valence electrons. The number of carbonyl (C=O) groups is 3. The van der Waals surface area contributed by atoms with Gasteiger partial charge in [-0.25, -0.2) is 9.59 Å². The van der Waals surface area contributed by atoms with E-state index in [9.17, 15) is 14.4 Å². The van der Waals surface area contributed by atoms with Crippen molar-refractivity contribution < 1.29 is 23.9 Å². The van der Waals surface area contributed by atoms with Gasteiger partial charge >= 0.3 is 11.9 Å². The van der Waals surface area contributed by atoms with E-state index in [-0.39, 0.29) is 29.5 Å². The fourth-order valence-electron chi connectivity index (χ4n) is 5.32. The molecule has 5 rings (SSSR count). The Morgan fingerprint density at radius 1 is 0.733 bits per heavy atom. The lowest BCUT2D eigenvalue weighted by Crippen LogP contribution is -2.60. The summed E-state index contributed by atoms with van der Waals surface area (Å²) in [5.41, 5.74) is 0.905. The largest absolute Gasteiger partial charge is 0.455 e. The molecule has 0 spiro atoms. The highest BCUT2D eigenvalue weighted by atomic mass is 16.6. The van der Waals surface area contributed by atoms with Crippen LogP contribution in [-0.2, 0) is 14.3 Å². The van der Waals surface area contributed by atoms with Crippen molar-refractivity contribution in [3.63, 3.8) is 0 Å². The molecule has 0 heterocycles. The van der Waals surface area contributed by atoms with Gasteiger partial charge < -0.3 is 9.47 Å². The summed E-state index contributed by atoms with van der Waals surface area (Å²) in [5.74, 6) is -1.07. The van der Waals surface area contributed by atoms with Gasteiger partial charge in [0.25, 0.3) is 0 Å². The maximum Gasteiger partial charge on any atom is 0.338 e. The van der Waals surface area contributed by atoms with Crippen molar-refractivity contribution in [3.05, 3.63) is 71.8 Å². The van der Waals surface area contributed by atoms with Gasteiger partial charge in [-0.15, -0.1) is 0 Å². The summed E-state index contributed by atoms with van der Waals surface area (Å²) < 4.78 is 11.9. The molecular weight excluding hydrogens is 380 g/mol. The van der Waals surface area contributed by atoms with Crippen LogP contribution < -0.4 is 0 Å². The number of esters is 2. The van der Waals surface area contributed by atoms with Crippen LogP contribution in [0.3, 0.4) is 0 Å². The van der Waals surface area contributed by atoms with Crippen molar-refractivity contribution in [1.29, 1.82) is 0 Å². The number of ether oxygens (including phenoxy) is 2. The third-order valence-corrected chi connectivity index (χ3v) is 6.68. The molecule has 6 unspecified atom stereocenters. The van der Waals surface area contributed by atoms with Crippen LogP contribution in [0, 0.1) is 23.7 Å². The van der Waals surface area contributed by atoms with Gasteiger partial charge in [0.05, 0.1) is 11.1 Å². The van der Waals surface area contributed by atoms with Crippen LogP contribution >= 0.6 is 0 Å². The summed E-state index contributed by atoms with van der Waals surface area (Å²) in [6, 6.07) is 17.6. The van der Waals surface area contributed by atoms with Gasteiger partial charge in [0.2, 0.25) is 0 Å². The predicted octanol–water partition coefficient (Wildman–Crippen LogP) is 4.32. The molecule has 5 nitrogen and oxygen atoms in total. The topological polar surface area (TPSA) is 69.7 Å². The van der Waals surface area contributed by atoms with Crippen molar-refractivity contribution in [3.8, 4) is 0 Å². The molecule has 5 heteroatoms. The molecule has 3 aliphatic rings. The number of fused-ring (bicyclic) bond motifs is 3. The molecule has 2 aromatic carbocycles. The lowest BCUT2D eigenvalue weighted by Gasteiger charge is -2.53. The minimum Gasteiger partial charge on any atom is -0.455 e. The zero-order valence-corrected chi connectivity index (χ0v) is 17.2. The Kier molecular flexibility index (Phi) is 5.71. The average Bonchev–Trinajstić information content (AvgIpc) is 2.76. The summed E-state index contributed by atoms with van der Waals surface area (Å²) in [6.07, 6.45) is 0.441. The van der Waals surface area contributed by atoms with Crippen LogP contribution in [-0.4, -0.2) is 29.9 Å². The fraction of sp³-hybridized carbons (Fsp3) is 0.400. The molecular formula is C25H26O5. The summed E-state index contributed by atoms with van der Waals surface area (Å²) in [5, 5.41) is 0. The molecule has 3 fully saturated rings. The maximum atomic E-state index is 12.8. The van der Waals surface area contributed by atoms with E-state index in [1.807, 2.05) is 19.1 Å². The second kappa shape index (κ2) is 8.42. The van der Waals surface area contributed by atoms with E-state index in [4.69, 9.17) is 9.47 Å². The molecule has 0 saturated heterocycles. The molecule has 3 aliphatic carbocycles. The first kappa shape index (κ1) is 20.3. The van der Waals surface area contributed by atoms with Crippen molar-refractivity contribution in [2.75, 3.05) is 0 Å². The highest BCUT2D eigenvalue weighted by Crippen LogP contribution is 2.51. The van der Waals surface area contributed by atoms with Gasteiger partial charge in [0.1, 0.15) is 18.0 Å². The quantitative estimate of drug-likeness (QED) is 0.692. The third-order valence-electron chi connectivity index (χ3n) is 6.68. The second-order valence-electron chi connectivity index (χ2n) is 8.37. The zero-order valence-electron chi connectivity index (χ0n) is 17.2. The Morgan fingerprint density at radius 2 is 1.17 bits per heavy atom. The summed E-state index contributed by atoms with van der Waals surface area (Å²) in [6.45, 7) is 3.64. The van der Waals surface area contributed by atoms with Gasteiger partial charge in [-0.2, -0.15) is 0 Å². The molecule has 0 aromatic heterocycles. The number of benzene rings is 2. The van der Waals surface area contributed by atoms with Crippen LogP contribution in [0.25, 0.3) is 0 Å². The van der Waals surface area contributed by atoms with Gasteiger partial charge in [-0.1, -0.05) is 43.3 Å². The van der Waals surface area contributed by atoms with Crippen LogP contribution in [0.4, 0.5) is 0 Å². The van der Waals surface area contributed by atoms with Gasteiger partial charge in [0, 0.05) is 17.8 Å². The number of ketones is 1. The number of Topliss-reactive ketones (excluding diaryl/α,β-unsaturated/α-hetero) is 1. The first-order valence-electron chi connectivity index (χ1n) is 10.5. The van der Waals surface area contributed by atoms with Crippen LogP contribution in [0.1, 0.15) is 47.4 Å².